The third kappa shape index (κ3) is 2.43. The molecule has 0 aliphatic heterocycles. The standard InChI is InChI=1S/C14H18ClN3S/c1-2-19-11-5-4-10(8-11)18-13-7-9(15)3-6-12(13)17-14(18)16/h3,6-7,10-11H,2,4-5,8H2,1H3,(H2,16,17). The van der Waals surface area contributed by atoms with Crippen LogP contribution in [0.2, 0.25) is 5.02 Å². The number of nitrogen functional groups attached to an aromatic ring is 1. The van der Waals surface area contributed by atoms with Gasteiger partial charge in [0.1, 0.15) is 0 Å². The van der Waals surface area contributed by atoms with Crippen molar-refractivity contribution in [3.05, 3.63) is 23.2 Å². The molecule has 19 heavy (non-hydrogen) atoms. The highest BCUT2D eigenvalue weighted by Gasteiger charge is 2.28. The number of rotatable bonds is 3. The molecule has 1 heterocycles. The molecule has 1 saturated carbocycles. The lowest BCUT2D eigenvalue weighted by Gasteiger charge is -2.15. The van der Waals surface area contributed by atoms with Crippen LogP contribution in [0.1, 0.15) is 32.2 Å². The summed E-state index contributed by atoms with van der Waals surface area (Å²) in [5.41, 5.74) is 8.11. The van der Waals surface area contributed by atoms with Gasteiger partial charge in [-0.25, -0.2) is 4.98 Å². The second-order valence-electron chi connectivity index (χ2n) is 5.02. The van der Waals surface area contributed by atoms with Crippen LogP contribution in [0.15, 0.2) is 18.2 Å². The first-order chi connectivity index (χ1) is 9.19. The summed E-state index contributed by atoms with van der Waals surface area (Å²) >= 11 is 8.15. The molecule has 2 N–H and O–H groups in total. The molecule has 1 fully saturated rings. The Morgan fingerprint density at radius 1 is 1.47 bits per heavy atom. The van der Waals surface area contributed by atoms with E-state index in [1.807, 2.05) is 18.2 Å². The van der Waals surface area contributed by atoms with E-state index in [2.05, 4.69) is 28.2 Å². The van der Waals surface area contributed by atoms with Gasteiger partial charge in [-0.15, -0.1) is 0 Å². The van der Waals surface area contributed by atoms with E-state index in [1.165, 1.54) is 25.0 Å². The fraction of sp³-hybridized carbons (Fsp3) is 0.500. The van der Waals surface area contributed by atoms with Crippen LogP contribution in [0, 0.1) is 0 Å². The third-order valence-electron chi connectivity index (χ3n) is 3.80. The van der Waals surface area contributed by atoms with Crippen molar-refractivity contribution in [3.8, 4) is 0 Å². The molecule has 1 aromatic heterocycles. The van der Waals surface area contributed by atoms with E-state index >= 15 is 0 Å². The fourth-order valence-corrected chi connectivity index (χ4v) is 4.31. The topological polar surface area (TPSA) is 43.8 Å². The number of anilines is 1. The van der Waals surface area contributed by atoms with Gasteiger partial charge >= 0.3 is 0 Å². The largest absolute Gasteiger partial charge is 0.369 e. The minimum Gasteiger partial charge on any atom is -0.369 e. The third-order valence-corrected chi connectivity index (χ3v) is 5.27. The summed E-state index contributed by atoms with van der Waals surface area (Å²) in [7, 11) is 0. The van der Waals surface area contributed by atoms with Crippen molar-refractivity contribution in [3.63, 3.8) is 0 Å². The molecule has 0 spiro atoms. The average Bonchev–Trinajstić information content (AvgIpc) is 2.93. The number of halogens is 1. The van der Waals surface area contributed by atoms with Gasteiger partial charge in [-0.1, -0.05) is 18.5 Å². The van der Waals surface area contributed by atoms with E-state index in [-0.39, 0.29) is 0 Å². The number of thioether (sulfide) groups is 1. The Labute approximate surface area is 122 Å². The van der Waals surface area contributed by atoms with E-state index in [4.69, 9.17) is 17.3 Å². The first kappa shape index (κ1) is 13.1. The fourth-order valence-electron chi connectivity index (χ4n) is 3.01. The van der Waals surface area contributed by atoms with Crippen LogP contribution in [0.3, 0.4) is 0 Å². The zero-order chi connectivity index (χ0) is 13.4. The van der Waals surface area contributed by atoms with Crippen molar-refractivity contribution in [2.75, 3.05) is 11.5 Å². The predicted octanol–water partition coefficient (Wildman–Crippen LogP) is 4.12. The average molecular weight is 296 g/mol. The number of imidazole rings is 1. The van der Waals surface area contributed by atoms with Crippen molar-refractivity contribution in [1.29, 1.82) is 0 Å². The molecule has 2 unspecified atom stereocenters. The van der Waals surface area contributed by atoms with Crippen molar-refractivity contribution >= 4 is 40.3 Å². The number of hydrogen-bond acceptors (Lipinski definition) is 3. The van der Waals surface area contributed by atoms with E-state index in [0.29, 0.717) is 12.0 Å². The summed E-state index contributed by atoms with van der Waals surface area (Å²) < 4.78 is 2.18. The van der Waals surface area contributed by atoms with Gasteiger partial charge in [0, 0.05) is 16.3 Å². The summed E-state index contributed by atoms with van der Waals surface area (Å²) in [5.74, 6) is 1.80. The summed E-state index contributed by atoms with van der Waals surface area (Å²) in [6.07, 6.45) is 3.63. The van der Waals surface area contributed by atoms with Crippen LogP contribution in [-0.2, 0) is 0 Å². The Morgan fingerprint density at radius 3 is 3.11 bits per heavy atom. The minimum absolute atomic E-state index is 0.465. The van der Waals surface area contributed by atoms with Crippen LogP contribution in [0.25, 0.3) is 11.0 Å². The Hall–Kier alpha value is -0.870. The molecular weight excluding hydrogens is 278 g/mol. The second-order valence-corrected chi connectivity index (χ2v) is 7.03. The normalized spacial score (nSPS) is 23.3. The maximum atomic E-state index is 6.10. The first-order valence-corrected chi connectivity index (χ1v) is 8.16. The van der Waals surface area contributed by atoms with Gasteiger partial charge in [-0.2, -0.15) is 11.8 Å². The molecule has 3 nitrogen and oxygen atoms in total. The highest BCUT2D eigenvalue weighted by Crippen LogP contribution is 2.40. The molecule has 102 valence electrons. The maximum absolute atomic E-state index is 6.10. The SMILES string of the molecule is CCSC1CCC(n2c(N)nc3ccc(Cl)cc32)C1. The summed E-state index contributed by atoms with van der Waals surface area (Å²) in [5, 5.41) is 1.50. The maximum Gasteiger partial charge on any atom is 0.201 e. The van der Waals surface area contributed by atoms with E-state index in [1.54, 1.807) is 0 Å². The van der Waals surface area contributed by atoms with Gasteiger partial charge in [-0.05, 0) is 43.2 Å². The highest BCUT2D eigenvalue weighted by molar-refractivity contribution is 7.99. The van der Waals surface area contributed by atoms with Gasteiger partial charge in [-0.3, -0.25) is 0 Å². The van der Waals surface area contributed by atoms with E-state index in [0.717, 1.165) is 21.3 Å². The lowest BCUT2D eigenvalue weighted by atomic mass is 10.2. The Balaban J connectivity index is 1.96. The van der Waals surface area contributed by atoms with Crippen molar-refractivity contribution in [2.24, 2.45) is 0 Å². The predicted molar refractivity (Wildman–Crippen MR) is 84.0 cm³/mol. The molecule has 3 rings (SSSR count). The van der Waals surface area contributed by atoms with Crippen molar-refractivity contribution < 1.29 is 0 Å². The Bertz CT molecular complexity index is 596. The molecule has 2 atom stereocenters. The number of nitrogens with zero attached hydrogens (tertiary/aromatic N) is 2. The van der Waals surface area contributed by atoms with Gasteiger partial charge in [0.2, 0.25) is 5.95 Å². The van der Waals surface area contributed by atoms with Crippen LogP contribution in [-0.4, -0.2) is 20.6 Å². The van der Waals surface area contributed by atoms with Gasteiger partial charge < -0.3 is 10.3 Å². The lowest BCUT2D eigenvalue weighted by Crippen LogP contribution is -2.09. The summed E-state index contributed by atoms with van der Waals surface area (Å²) in [6, 6.07) is 6.25. The van der Waals surface area contributed by atoms with Crippen LogP contribution >= 0.6 is 23.4 Å². The number of aromatic nitrogens is 2. The Kier molecular flexibility index (Phi) is 3.63. The van der Waals surface area contributed by atoms with Crippen LogP contribution in [0.5, 0.6) is 0 Å². The van der Waals surface area contributed by atoms with Crippen molar-refractivity contribution in [1.82, 2.24) is 9.55 Å². The molecule has 0 radical (unpaired) electrons. The van der Waals surface area contributed by atoms with Crippen LogP contribution in [0.4, 0.5) is 5.95 Å². The van der Waals surface area contributed by atoms with Crippen LogP contribution < -0.4 is 5.73 Å². The lowest BCUT2D eigenvalue weighted by molar-refractivity contribution is 0.540. The molecule has 0 saturated heterocycles. The molecule has 1 aliphatic rings. The number of fused-ring (bicyclic) bond motifs is 1. The highest BCUT2D eigenvalue weighted by atomic mass is 35.5. The second kappa shape index (κ2) is 5.25. The zero-order valence-corrected chi connectivity index (χ0v) is 12.5. The number of benzene rings is 1. The van der Waals surface area contributed by atoms with E-state index < -0.39 is 0 Å². The molecule has 1 aromatic carbocycles. The Morgan fingerprint density at radius 2 is 2.32 bits per heavy atom. The number of nitrogens with two attached hydrogens (primary N) is 1. The molecule has 1 aliphatic carbocycles. The van der Waals surface area contributed by atoms with Gasteiger partial charge in [0.15, 0.2) is 0 Å². The number of hydrogen-bond donors (Lipinski definition) is 1. The molecule has 0 bridgehead atoms. The summed E-state index contributed by atoms with van der Waals surface area (Å²) in [6.45, 7) is 2.22. The van der Waals surface area contributed by atoms with Gasteiger partial charge in [0.05, 0.1) is 11.0 Å². The molecule has 0 amide bonds. The molecule has 2 aromatic rings. The quantitative estimate of drug-likeness (QED) is 0.926. The molecule has 5 heteroatoms. The molecular formula is C14H18ClN3S. The first-order valence-electron chi connectivity index (χ1n) is 6.73. The van der Waals surface area contributed by atoms with E-state index in [9.17, 15) is 0 Å². The van der Waals surface area contributed by atoms with Gasteiger partial charge in [0.25, 0.3) is 0 Å². The van der Waals surface area contributed by atoms with Crippen molar-refractivity contribution in [2.45, 2.75) is 37.5 Å². The smallest absolute Gasteiger partial charge is 0.201 e. The zero-order valence-electron chi connectivity index (χ0n) is 11.0. The minimum atomic E-state index is 0.465. The summed E-state index contributed by atoms with van der Waals surface area (Å²) in [4.78, 5) is 4.45. The monoisotopic (exact) mass is 295 g/mol.